The van der Waals surface area contributed by atoms with Crippen LogP contribution in [-0.2, 0) is 6.42 Å². The van der Waals surface area contributed by atoms with E-state index in [0.717, 1.165) is 51.8 Å². The summed E-state index contributed by atoms with van der Waals surface area (Å²) in [5.41, 5.74) is 7.74. The van der Waals surface area contributed by atoms with Gasteiger partial charge in [0, 0.05) is 11.3 Å². The van der Waals surface area contributed by atoms with Crippen LogP contribution >= 0.6 is 0 Å². The number of aliphatic imine (C=N–C) groups is 2. The molecule has 3 heterocycles. The highest BCUT2D eigenvalue weighted by molar-refractivity contribution is 6.51. The first-order chi connectivity index (χ1) is 22.1. The molecule has 45 heavy (non-hydrogen) atoms. The molecule has 7 rings (SSSR count). The highest BCUT2D eigenvalue weighted by atomic mass is 16.5. The average Bonchev–Trinajstić information content (AvgIpc) is 3.41. The summed E-state index contributed by atoms with van der Waals surface area (Å²) in [6, 6.07) is 32.0. The molecule has 1 atom stereocenters. The summed E-state index contributed by atoms with van der Waals surface area (Å²) in [7, 11) is 0. The molecule has 0 amide bonds. The standard InChI is InChI=1S/C37H36N6O2/c1-4-6-12-25-17-20-27(21-18-25)38-35-37-40-36-33(24(3)41-43(36)28-13-8-7-9-14-28)34(26-19-22-31(44)32(23-26)45-5-2)42(37)30-16-11-10-15-29(30)39-35/h7-11,13-23,34,44H,4-6,12H2,1-3H3,(H,38,39). The molecule has 5 aromatic rings. The number of hydrogen-bond acceptors (Lipinski definition) is 7. The number of ether oxygens (including phenoxy) is 1. The molecule has 0 bridgehead atoms. The van der Waals surface area contributed by atoms with Gasteiger partial charge in [-0.1, -0.05) is 61.9 Å². The number of benzene rings is 4. The summed E-state index contributed by atoms with van der Waals surface area (Å²) in [4.78, 5) is 12.7. The average molecular weight is 597 g/mol. The zero-order chi connectivity index (χ0) is 30.9. The van der Waals surface area contributed by atoms with E-state index in [0.29, 0.717) is 24.0 Å². The first-order valence-corrected chi connectivity index (χ1v) is 15.6. The Morgan fingerprint density at radius 1 is 0.889 bits per heavy atom. The molecule has 2 N–H and O–H groups in total. The van der Waals surface area contributed by atoms with Crippen molar-refractivity contribution in [3.8, 4) is 17.2 Å². The van der Waals surface area contributed by atoms with Crippen LogP contribution in [0.15, 0.2) is 107 Å². The summed E-state index contributed by atoms with van der Waals surface area (Å²) in [5, 5.41) is 19.2. The number of para-hydroxylation sites is 3. The van der Waals surface area contributed by atoms with E-state index >= 15 is 0 Å². The van der Waals surface area contributed by atoms with E-state index in [4.69, 9.17) is 19.8 Å². The van der Waals surface area contributed by atoms with E-state index < -0.39 is 0 Å². The Morgan fingerprint density at radius 2 is 1.67 bits per heavy atom. The Bertz CT molecular complexity index is 1910. The number of aryl methyl sites for hydroxylation is 2. The van der Waals surface area contributed by atoms with E-state index in [9.17, 15) is 5.11 Å². The topological polar surface area (TPSA) is 87.3 Å². The summed E-state index contributed by atoms with van der Waals surface area (Å²) < 4.78 is 7.75. The van der Waals surface area contributed by atoms with Gasteiger partial charge in [0.15, 0.2) is 29.0 Å². The Balaban J connectivity index is 1.43. The van der Waals surface area contributed by atoms with Crippen LogP contribution in [0.5, 0.6) is 11.5 Å². The van der Waals surface area contributed by atoms with Gasteiger partial charge in [0.1, 0.15) is 0 Å². The van der Waals surface area contributed by atoms with Crippen molar-refractivity contribution in [1.82, 2.24) is 9.78 Å². The van der Waals surface area contributed by atoms with E-state index in [-0.39, 0.29) is 11.8 Å². The number of anilines is 2. The Labute approximate surface area is 263 Å². The van der Waals surface area contributed by atoms with Gasteiger partial charge in [0.05, 0.1) is 35.4 Å². The Hall–Kier alpha value is -5.37. The number of nitrogens with zero attached hydrogens (tertiary/aromatic N) is 5. The predicted octanol–water partition coefficient (Wildman–Crippen LogP) is 8.42. The molecule has 0 aliphatic carbocycles. The number of aromatic nitrogens is 2. The monoisotopic (exact) mass is 596 g/mol. The number of phenolic OH excluding ortho intramolecular Hbond substituents is 1. The zero-order valence-electron chi connectivity index (χ0n) is 25.7. The third-order valence-electron chi connectivity index (χ3n) is 8.27. The van der Waals surface area contributed by atoms with Gasteiger partial charge in [-0.3, -0.25) is 0 Å². The highest BCUT2D eigenvalue weighted by Crippen LogP contribution is 2.49. The number of nitrogens with one attached hydrogen (secondary N) is 1. The number of hydrogen-bond donors (Lipinski definition) is 2. The minimum Gasteiger partial charge on any atom is -0.504 e. The van der Waals surface area contributed by atoms with Gasteiger partial charge in [0.25, 0.3) is 0 Å². The lowest BCUT2D eigenvalue weighted by molar-refractivity contribution is 0.317. The SMILES string of the molecule is CCCCc1ccc(NC2=Nc3ccccc3N3C2=Nc2c(c(C)nn2-c2ccccc2)C3c2ccc(O)c(OCC)c2)cc1. The van der Waals surface area contributed by atoms with Crippen molar-refractivity contribution in [2.75, 3.05) is 16.8 Å². The van der Waals surface area contributed by atoms with Gasteiger partial charge in [0.2, 0.25) is 0 Å². The van der Waals surface area contributed by atoms with Gasteiger partial charge < -0.3 is 20.1 Å². The van der Waals surface area contributed by atoms with E-state index in [1.165, 1.54) is 18.4 Å². The number of phenols is 1. The fourth-order valence-electron chi connectivity index (χ4n) is 6.11. The van der Waals surface area contributed by atoms with E-state index in [1.807, 2.05) is 79.2 Å². The lowest BCUT2D eigenvalue weighted by atomic mass is 9.93. The van der Waals surface area contributed by atoms with Crippen LogP contribution in [0.25, 0.3) is 5.69 Å². The molecule has 0 radical (unpaired) electrons. The number of unbranched alkanes of at least 4 members (excludes halogenated alkanes) is 1. The minimum atomic E-state index is -0.324. The van der Waals surface area contributed by atoms with Gasteiger partial charge in [-0.2, -0.15) is 5.10 Å². The highest BCUT2D eigenvalue weighted by Gasteiger charge is 2.41. The molecule has 8 heteroatoms. The molecule has 1 aromatic heterocycles. The number of amidine groups is 2. The fraction of sp³-hybridized carbons (Fsp3) is 0.216. The second kappa shape index (κ2) is 12.0. The van der Waals surface area contributed by atoms with Gasteiger partial charge >= 0.3 is 0 Å². The largest absolute Gasteiger partial charge is 0.504 e. The number of rotatable bonds is 8. The smallest absolute Gasteiger partial charge is 0.179 e. The molecule has 0 saturated heterocycles. The molecule has 0 fully saturated rings. The van der Waals surface area contributed by atoms with Crippen LogP contribution in [-0.4, -0.2) is 33.2 Å². The van der Waals surface area contributed by atoms with Crippen LogP contribution in [0, 0.1) is 6.92 Å². The van der Waals surface area contributed by atoms with Gasteiger partial charge in [-0.15, -0.1) is 0 Å². The lowest BCUT2D eigenvalue weighted by Crippen LogP contribution is -2.46. The third kappa shape index (κ3) is 5.22. The molecule has 4 aromatic carbocycles. The lowest BCUT2D eigenvalue weighted by Gasteiger charge is -2.40. The summed E-state index contributed by atoms with van der Waals surface area (Å²) >= 11 is 0. The molecule has 2 aliphatic heterocycles. The molecule has 0 saturated carbocycles. The molecule has 226 valence electrons. The molecule has 0 spiro atoms. The van der Waals surface area contributed by atoms with Crippen LogP contribution in [0.3, 0.4) is 0 Å². The van der Waals surface area contributed by atoms with Crippen LogP contribution in [0.4, 0.5) is 22.9 Å². The third-order valence-corrected chi connectivity index (χ3v) is 8.27. The maximum absolute atomic E-state index is 10.6. The van der Waals surface area contributed by atoms with Crippen LogP contribution in [0.1, 0.15) is 55.1 Å². The van der Waals surface area contributed by atoms with Crippen molar-refractivity contribution in [2.45, 2.75) is 46.1 Å². The summed E-state index contributed by atoms with van der Waals surface area (Å²) in [6.45, 7) is 6.59. The second-order valence-electron chi connectivity index (χ2n) is 11.3. The second-order valence-corrected chi connectivity index (χ2v) is 11.3. The van der Waals surface area contributed by atoms with E-state index in [1.54, 1.807) is 6.07 Å². The molecule has 8 nitrogen and oxygen atoms in total. The first kappa shape index (κ1) is 28.4. The van der Waals surface area contributed by atoms with Crippen molar-refractivity contribution < 1.29 is 9.84 Å². The predicted molar refractivity (Wildman–Crippen MR) is 181 cm³/mol. The maximum atomic E-state index is 10.6. The number of fused-ring (bicyclic) bond motifs is 4. The fourth-order valence-corrected chi connectivity index (χ4v) is 6.11. The summed E-state index contributed by atoms with van der Waals surface area (Å²) in [6.07, 6.45) is 3.40. The van der Waals surface area contributed by atoms with Crippen molar-refractivity contribution in [3.63, 3.8) is 0 Å². The molecular weight excluding hydrogens is 560 g/mol. The van der Waals surface area contributed by atoms with Crippen molar-refractivity contribution in [3.05, 3.63) is 119 Å². The first-order valence-electron chi connectivity index (χ1n) is 15.6. The molecular formula is C37H36N6O2. The molecule has 2 aliphatic rings. The summed E-state index contributed by atoms with van der Waals surface area (Å²) in [5.74, 6) is 2.61. The zero-order valence-corrected chi connectivity index (χ0v) is 25.7. The Morgan fingerprint density at radius 3 is 2.44 bits per heavy atom. The van der Waals surface area contributed by atoms with Crippen molar-refractivity contribution >= 4 is 34.6 Å². The maximum Gasteiger partial charge on any atom is 0.179 e. The van der Waals surface area contributed by atoms with Crippen molar-refractivity contribution in [2.24, 2.45) is 9.98 Å². The van der Waals surface area contributed by atoms with Gasteiger partial charge in [-0.05, 0) is 86.3 Å². The number of aromatic hydroxyl groups is 1. The molecule has 1 unspecified atom stereocenters. The van der Waals surface area contributed by atoms with Crippen molar-refractivity contribution in [1.29, 1.82) is 0 Å². The van der Waals surface area contributed by atoms with E-state index in [2.05, 4.69) is 47.5 Å². The normalized spacial score (nSPS) is 15.0. The van der Waals surface area contributed by atoms with Crippen LogP contribution < -0.4 is 15.0 Å². The quantitative estimate of drug-likeness (QED) is 0.188. The Kier molecular flexibility index (Phi) is 7.55. The van der Waals surface area contributed by atoms with Gasteiger partial charge in [-0.25, -0.2) is 14.7 Å². The minimum absolute atomic E-state index is 0.104. The van der Waals surface area contributed by atoms with Crippen LogP contribution in [0.2, 0.25) is 0 Å².